The predicted molar refractivity (Wildman–Crippen MR) is 80.4 cm³/mol. The van der Waals surface area contributed by atoms with E-state index in [9.17, 15) is 4.79 Å². The van der Waals surface area contributed by atoms with Gasteiger partial charge in [-0.2, -0.15) is 0 Å². The van der Waals surface area contributed by atoms with Gasteiger partial charge >= 0.3 is 0 Å². The Hall–Kier alpha value is -2.08. The predicted octanol–water partition coefficient (Wildman–Crippen LogP) is 2.23. The smallest absolute Gasteiger partial charge is 0.227 e. The maximum absolute atomic E-state index is 10.9. The Kier molecular flexibility index (Phi) is 4.95. The van der Waals surface area contributed by atoms with Crippen molar-refractivity contribution in [3.05, 3.63) is 48.5 Å². The van der Waals surface area contributed by atoms with Gasteiger partial charge in [0.1, 0.15) is 0 Å². The maximum Gasteiger partial charge on any atom is 0.227 e. The number of nitrogens with one attached hydrogen (secondary N) is 1. The van der Waals surface area contributed by atoms with Crippen LogP contribution in [0.25, 0.3) is 0 Å². The van der Waals surface area contributed by atoms with Crippen molar-refractivity contribution in [2.75, 3.05) is 11.1 Å². The summed E-state index contributed by atoms with van der Waals surface area (Å²) in [4.78, 5) is 20.2. The van der Waals surface area contributed by atoms with Gasteiger partial charge in [0.2, 0.25) is 5.91 Å². The summed E-state index contributed by atoms with van der Waals surface area (Å²) in [5, 5.41) is 3.38. The van der Waals surface area contributed by atoms with E-state index in [2.05, 4.69) is 15.3 Å². The summed E-state index contributed by atoms with van der Waals surface area (Å²) in [5.74, 6) is -0.0649. The molecule has 5 nitrogen and oxygen atoms in total. The minimum Gasteiger partial charge on any atom is -0.376 e. The number of carbonyl (C=O) groups is 1. The SMILES string of the molecule is CC(Nc1ccccc1SCC(N)=O)c1cnccn1. The summed E-state index contributed by atoms with van der Waals surface area (Å²) in [7, 11) is 0. The highest BCUT2D eigenvalue weighted by atomic mass is 32.2. The molecule has 0 aliphatic carbocycles. The number of primary amides is 1. The second kappa shape index (κ2) is 6.91. The van der Waals surface area contributed by atoms with Crippen molar-refractivity contribution in [1.29, 1.82) is 0 Å². The van der Waals surface area contributed by atoms with E-state index in [0.29, 0.717) is 0 Å². The van der Waals surface area contributed by atoms with Crippen molar-refractivity contribution < 1.29 is 4.79 Å². The average molecular weight is 288 g/mol. The first-order valence-corrected chi connectivity index (χ1v) is 7.18. The number of anilines is 1. The largest absolute Gasteiger partial charge is 0.376 e. The van der Waals surface area contributed by atoms with Crippen molar-refractivity contribution in [1.82, 2.24) is 9.97 Å². The lowest BCUT2D eigenvalue weighted by atomic mass is 10.2. The molecule has 1 heterocycles. The van der Waals surface area contributed by atoms with E-state index >= 15 is 0 Å². The van der Waals surface area contributed by atoms with E-state index in [4.69, 9.17) is 5.73 Å². The van der Waals surface area contributed by atoms with Gasteiger partial charge in [0, 0.05) is 23.0 Å². The summed E-state index contributed by atoms with van der Waals surface area (Å²) in [6, 6.07) is 7.83. The lowest BCUT2D eigenvalue weighted by Gasteiger charge is -2.17. The molecule has 1 atom stereocenters. The van der Waals surface area contributed by atoms with Crippen LogP contribution in [0.4, 0.5) is 5.69 Å². The molecule has 0 spiro atoms. The van der Waals surface area contributed by atoms with Crippen LogP contribution in [-0.4, -0.2) is 21.6 Å². The Labute approximate surface area is 122 Å². The highest BCUT2D eigenvalue weighted by Gasteiger charge is 2.10. The lowest BCUT2D eigenvalue weighted by Crippen LogP contribution is -2.13. The topological polar surface area (TPSA) is 80.9 Å². The first-order valence-electron chi connectivity index (χ1n) is 6.19. The molecule has 1 aromatic carbocycles. The van der Waals surface area contributed by atoms with Crippen LogP contribution in [-0.2, 0) is 4.79 Å². The van der Waals surface area contributed by atoms with E-state index in [0.717, 1.165) is 16.3 Å². The van der Waals surface area contributed by atoms with Crippen LogP contribution in [0.3, 0.4) is 0 Å². The number of benzene rings is 1. The number of nitrogens with two attached hydrogens (primary N) is 1. The molecule has 2 aromatic rings. The number of hydrogen-bond donors (Lipinski definition) is 2. The highest BCUT2D eigenvalue weighted by Crippen LogP contribution is 2.29. The second-order valence-corrected chi connectivity index (χ2v) is 5.26. The molecule has 0 saturated carbocycles. The number of rotatable bonds is 6. The molecule has 1 aromatic heterocycles. The van der Waals surface area contributed by atoms with Crippen LogP contribution < -0.4 is 11.1 Å². The van der Waals surface area contributed by atoms with Crippen LogP contribution in [0.2, 0.25) is 0 Å². The van der Waals surface area contributed by atoms with Gasteiger partial charge in [0.15, 0.2) is 0 Å². The molecule has 0 aliphatic heterocycles. The van der Waals surface area contributed by atoms with Gasteiger partial charge in [0.05, 0.1) is 23.7 Å². The van der Waals surface area contributed by atoms with Crippen LogP contribution in [0.15, 0.2) is 47.8 Å². The zero-order chi connectivity index (χ0) is 14.4. The van der Waals surface area contributed by atoms with Gasteiger partial charge in [-0.05, 0) is 19.1 Å². The van der Waals surface area contributed by atoms with E-state index in [1.165, 1.54) is 11.8 Å². The minimum absolute atomic E-state index is 0.0269. The Balaban J connectivity index is 2.10. The molecule has 0 saturated heterocycles. The van der Waals surface area contributed by atoms with E-state index < -0.39 is 0 Å². The van der Waals surface area contributed by atoms with Gasteiger partial charge in [-0.15, -0.1) is 11.8 Å². The quantitative estimate of drug-likeness (QED) is 0.797. The third-order valence-electron chi connectivity index (χ3n) is 2.66. The summed E-state index contributed by atoms with van der Waals surface area (Å²) in [6.07, 6.45) is 5.05. The molecule has 2 rings (SSSR count). The van der Waals surface area contributed by atoms with Crippen LogP contribution in [0.5, 0.6) is 0 Å². The van der Waals surface area contributed by atoms with E-state index in [1.54, 1.807) is 18.6 Å². The first kappa shape index (κ1) is 14.3. The Morgan fingerprint density at radius 3 is 2.90 bits per heavy atom. The fourth-order valence-corrected chi connectivity index (χ4v) is 2.46. The Morgan fingerprint density at radius 1 is 1.40 bits per heavy atom. The van der Waals surface area contributed by atoms with Crippen molar-refractivity contribution in [2.45, 2.75) is 17.9 Å². The van der Waals surface area contributed by atoms with Gasteiger partial charge < -0.3 is 11.1 Å². The molecule has 1 amide bonds. The number of thioether (sulfide) groups is 1. The van der Waals surface area contributed by atoms with Crippen molar-refractivity contribution >= 4 is 23.4 Å². The number of hydrogen-bond acceptors (Lipinski definition) is 5. The fourth-order valence-electron chi connectivity index (χ4n) is 1.70. The zero-order valence-corrected chi connectivity index (χ0v) is 11.9. The summed E-state index contributed by atoms with van der Waals surface area (Å²) in [5.41, 5.74) is 7.00. The standard InChI is InChI=1S/C14H16N4OS/c1-10(12-8-16-6-7-17-12)18-11-4-2-3-5-13(11)20-9-14(15)19/h2-8,10,18H,9H2,1H3,(H2,15,19). The van der Waals surface area contributed by atoms with E-state index in [1.807, 2.05) is 31.2 Å². The molecular formula is C14H16N4OS. The van der Waals surface area contributed by atoms with Crippen molar-refractivity contribution in [3.8, 4) is 0 Å². The Bertz CT molecular complexity index is 576. The number of amides is 1. The normalized spacial score (nSPS) is 11.8. The number of para-hydroxylation sites is 1. The summed E-state index contributed by atoms with van der Waals surface area (Å²) >= 11 is 1.42. The molecular weight excluding hydrogens is 272 g/mol. The third-order valence-corrected chi connectivity index (χ3v) is 3.75. The molecule has 0 fully saturated rings. The lowest BCUT2D eigenvalue weighted by molar-refractivity contribution is -0.115. The van der Waals surface area contributed by atoms with Gasteiger partial charge in [-0.1, -0.05) is 12.1 Å². The highest BCUT2D eigenvalue weighted by molar-refractivity contribution is 8.00. The summed E-state index contributed by atoms with van der Waals surface area (Å²) < 4.78 is 0. The van der Waals surface area contributed by atoms with Gasteiger partial charge in [-0.25, -0.2) is 0 Å². The zero-order valence-electron chi connectivity index (χ0n) is 11.1. The number of nitrogens with zero attached hydrogens (tertiary/aromatic N) is 2. The monoisotopic (exact) mass is 288 g/mol. The third kappa shape index (κ3) is 3.96. The van der Waals surface area contributed by atoms with Crippen molar-refractivity contribution in [2.24, 2.45) is 5.73 Å². The molecule has 3 N–H and O–H groups in total. The summed E-state index contributed by atoms with van der Waals surface area (Å²) in [6.45, 7) is 2.01. The van der Waals surface area contributed by atoms with Gasteiger partial charge in [0.25, 0.3) is 0 Å². The molecule has 6 heteroatoms. The molecule has 1 unspecified atom stereocenters. The van der Waals surface area contributed by atoms with E-state index in [-0.39, 0.29) is 17.7 Å². The first-order chi connectivity index (χ1) is 9.66. The molecule has 104 valence electrons. The van der Waals surface area contributed by atoms with Crippen molar-refractivity contribution in [3.63, 3.8) is 0 Å². The molecule has 0 aliphatic rings. The average Bonchev–Trinajstić information content (AvgIpc) is 2.47. The van der Waals surface area contributed by atoms with Crippen LogP contribution >= 0.6 is 11.8 Å². The van der Waals surface area contributed by atoms with Gasteiger partial charge in [-0.3, -0.25) is 14.8 Å². The molecule has 0 bridgehead atoms. The molecule has 20 heavy (non-hydrogen) atoms. The second-order valence-electron chi connectivity index (χ2n) is 4.25. The fraction of sp³-hybridized carbons (Fsp3) is 0.214. The minimum atomic E-state index is -0.327. The maximum atomic E-state index is 10.9. The Morgan fingerprint density at radius 2 is 2.20 bits per heavy atom. The number of carbonyl (C=O) groups excluding carboxylic acids is 1. The van der Waals surface area contributed by atoms with Crippen LogP contribution in [0.1, 0.15) is 18.7 Å². The molecule has 0 radical (unpaired) electrons. The number of aromatic nitrogens is 2. The van der Waals surface area contributed by atoms with Crippen LogP contribution in [0, 0.1) is 0 Å².